The van der Waals surface area contributed by atoms with Gasteiger partial charge in [0.15, 0.2) is 0 Å². The first-order valence-electron chi connectivity index (χ1n) is 6.44. The van der Waals surface area contributed by atoms with E-state index >= 15 is 0 Å². The van der Waals surface area contributed by atoms with Crippen molar-refractivity contribution in [1.82, 2.24) is 0 Å². The molecule has 2 nitrogen and oxygen atoms in total. The molecule has 2 rings (SSSR count). The lowest BCUT2D eigenvalue weighted by Crippen LogP contribution is -2.45. The molecule has 0 aromatic heterocycles. The third-order valence-electron chi connectivity index (χ3n) is 3.96. The molecule has 0 radical (unpaired) electrons. The standard InChI is InChI=1S/C12H20F3NOS/c13-12(14,15)3-1-10(16)9-2-5-17-11(7-9)4-6-18-8-11/h9-10H,1-8,16H2. The molecule has 106 valence electrons. The van der Waals surface area contributed by atoms with E-state index in [4.69, 9.17) is 10.5 Å². The molecular weight excluding hydrogens is 263 g/mol. The summed E-state index contributed by atoms with van der Waals surface area (Å²) in [6, 6.07) is -0.349. The fraction of sp³-hybridized carbons (Fsp3) is 1.00. The molecule has 2 fully saturated rings. The monoisotopic (exact) mass is 283 g/mol. The topological polar surface area (TPSA) is 35.2 Å². The summed E-state index contributed by atoms with van der Waals surface area (Å²) >= 11 is 1.86. The van der Waals surface area contributed by atoms with Gasteiger partial charge in [-0.25, -0.2) is 0 Å². The maximum Gasteiger partial charge on any atom is 0.389 e. The van der Waals surface area contributed by atoms with Crippen molar-refractivity contribution < 1.29 is 17.9 Å². The van der Waals surface area contributed by atoms with Gasteiger partial charge in [0.25, 0.3) is 0 Å². The Bertz CT molecular complexity index is 279. The molecule has 0 aliphatic carbocycles. The SMILES string of the molecule is NC(CCC(F)(F)F)C1CCOC2(CCSC2)C1. The number of rotatable bonds is 3. The van der Waals surface area contributed by atoms with Crippen LogP contribution >= 0.6 is 11.8 Å². The second-order valence-electron chi connectivity index (χ2n) is 5.40. The first kappa shape index (κ1) is 14.5. The smallest absolute Gasteiger partial charge is 0.374 e. The predicted molar refractivity (Wildman–Crippen MR) is 66.6 cm³/mol. The summed E-state index contributed by atoms with van der Waals surface area (Å²) in [7, 11) is 0. The largest absolute Gasteiger partial charge is 0.389 e. The van der Waals surface area contributed by atoms with E-state index in [1.807, 2.05) is 11.8 Å². The summed E-state index contributed by atoms with van der Waals surface area (Å²) in [5.74, 6) is 2.24. The number of halogens is 3. The van der Waals surface area contributed by atoms with Gasteiger partial charge in [-0.05, 0) is 37.4 Å². The van der Waals surface area contributed by atoms with E-state index in [9.17, 15) is 13.2 Å². The van der Waals surface area contributed by atoms with E-state index < -0.39 is 12.6 Å². The third kappa shape index (κ3) is 3.78. The highest BCUT2D eigenvalue weighted by atomic mass is 32.2. The number of hydrogen-bond acceptors (Lipinski definition) is 3. The van der Waals surface area contributed by atoms with Crippen LogP contribution in [0.3, 0.4) is 0 Å². The zero-order valence-corrected chi connectivity index (χ0v) is 11.2. The lowest BCUT2D eigenvalue weighted by Gasteiger charge is -2.40. The maximum absolute atomic E-state index is 12.2. The van der Waals surface area contributed by atoms with Crippen molar-refractivity contribution in [2.75, 3.05) is 18.1 Å². The quantitative estimate of drug-likeness (QED) is 0.865. The molecule has 0 bridgehead atoms. The summed E-state index contributed by atoms with van der Waals surface area (Å²) in [6.45, 7) is 0.644. The second-order valence-corrected chi connectivity index (χ2v) is 6.51. The van der Waals surface area contributed by atoms with Gasteiger partial charge in [0.2, 0.25) is 0 Å². The second kappa shape index (κ2) is 5.59. The molecule has 2 heterocycles. The maximum atomic E-state index is 12.2. The van der Waals surface area contributed by atoms with E-state index in [-0.39, 0.29) is 24.0 Å². The van der Waals surface area contributed by atoms with Crippen LogP contribution in [0.1, 0.15) is 32.1 Å². The summed E-state index contributed by atoms with van der Waals surface area (Å²) in [4.78, 5) is 0. The molecule has 2 aliphatic rings. The molecule has 3 unspecified atom stereocenters. The van der Waals surface area contributed by atoms with Crippen LogP contribution in [0.4, 0.5) is 13.2 Å². The van der Waals surface area contributed by atoms with Crippen molar-refractivity contribution in [3.05, 3.63) is 0 Å². The Morgan fingerprint density at radius 2 is 2.22 bits per heavy atom. The Hall–Kier alpha value is 0.0600. The van der Waals surface area contributed by atoms with Crippen LogP contribution in [0.15, 0.2) is 0 Å². The van der Waals surface area contributed by atoms with Crippen LogP contribution in [0.2, 0.25) is 0 Å². The molecule has 0 aromatic carbocycles. The Balaban J connectivity index is 1.84. The summed E-state index contributed by atoms with van der Waals surface area (Å²) in [5.41, 5.74) is 5.85. The first-order valence-corrected chi connectivity index (χ1v) is 7.60. The minimum Gasteiger partial charge on any atom is -0.374 e. The molecule has 1 spiro atoms. The van der Waals surface area contributed by atoms with Crippen LogP contribution in [-0.4, -0.2) is 35.9 Å². The van der Waals surface area contributed by atoms with Crippen molar-refractivity contribution in [3.8, 4) is 0 Å². The average Bonchev–Trinajstić information content (AvgIpc) is 2.73. The lowest BCUT2D eigenvalue weighted by molar-refractivity contribution is -0.138. The van der Waals surface area contributed by atoms with Crippen LogP contribution in [-0.2, 0) is 4.74 Å². The van der Waals surface area contributed by atoms with Gasteiger partial charge in [0.1, 0.15) is 0 Å². The highest BCUT2D eigenvalue weighted by Gasteiger charge is 2.42. The number of ether oxygens (including phenoxy) is 1. The van der Waals surface area contributed by atoms with Gasteiger partial charge in [-0.3, -0.25) is 0 Å². The molecule has 2 aliphatic heterocycles. The minimum absolute atomic E-state index is 0.0391. The summed E-state index contributed by atoms with van der Waals surface area (Å²) in [6.07, 6.45) is -2.18. The fourth-order valence-electron chi connectivity index (χ4n) is 2.86. The Morgan fingerprint density at radius 3 is 2.83 bits per heavy atom. The first-order chi connectivity index (χ1) is 8.40. The van der Waals surface area contributed by atoms with Crippen molar-refractivity contribution in [1.29, 1.82) is 0 Å². The lowest BCUT2D eigenvalue weighted by atomic mass is 9.80. The number of hydrogen-bond donors (Lipinski definition) is 1. The normalized spacial score (nSPS) is 35.0. The molecule has 0 saturated carbocycles. The third-order valence-corrected chi connectivity index (χ3v) is 5.19. The van der Waals surface area contributed by atoms with Crippen molar-refractivity contribution in [3.63, 3.8) is 0 Å². The van der Waals surface area contributed by atoms with Gasteiger partial charge in [0.05, 0.1) is 5.60 Å². The molecule has 18 heavy (non-hydrogen) atoms. The van der Waals surface area contributed by atoms with Crippen LogP contribution in [0, 0.1) is 5.92 Å². The van der Waals surface area contributed by atoms with Gasteiger partial charge < -0.3 is 10.5 Å². The van der Waals surface area contributed by atoms with Crippen molar-refractivity contribution >= 4 is 11.8 Å². The van der Waals surface area contributed by atoms with E-state index in [0.29, 0.717) is 6.61 Å². The van der Waals surface area contributed by atoms with Crippen LogP contribution < -0.4 is 5.73 Å². The van der Waals surface area contributed by atoms with Gasteiger partial charge in [0, 0.05) is 24.8 Å². The van der Waals surface area contributed by atoms with E-state index in [0.717, 1.165) is 30.8 Å². The van der Waals surface area contributed by atoms with E-state index in [2.05, 4.69) is 0 Å². The summed E-state index contributed by atoms with van der Waals surface area (Å²) in [5, 5.41) is 0. The minimum atomic E-state index is -4.09. The Kier molecular flexibility index (Phi) is 4.49. The number of thioether (sulfide) groups is 1. The fourth-order valence-corrected chi connectivity index (χ4v) is 4.24. The zero-order valence-electron chi connectivity index (χ0n) is 10.3. The predicted octanol–water partition coefficient (Wildman–Crippen LogP) is 2.96. The van der Waals surface area contributed by atoms with E-state index in [1.165, 1.54) is 0 Å². The molecule has 0 amide bonds. The van der Waals surface area contributed by atoms with Crippen LogP contribution in [0.25, 0.3) is 0 Å². The van der Waals surface area contributed by atoms with Gasteiger partial charge >= 0.3 is 6.18 Å². The average molecular weight is 283 g/mol. The van der Waals surface area contributed by atoms with Gasteiger partial charge in [-0.15, -0.1) is 0 Å². The van der Waals surface area contributed by atoms with E-state index in [1.54, 1.807) is 0 Å². The molecule has 0 aromatic rings. The Morgan fingerprint density at radius 1 is 1.44 bits per heavy atom. The number of nitrogens with two attached hydrogens (primary N) is 1. The molecule has 2 N–H and O–H groups in total. The van der Waals surface area contributed by atoms with Gasteiger partial charge in [-0.2, -0.15) is 24.9 Å². The summed E-state index contributed by atoms with van der Waals surface area (Å²) < 4.78 is 42.4. The molecule has 3 atom stereocenters. The van der Waals surface area contributed by atoms with Crippen molar-refractivity contribution in [2.24, 2.45) is 11.7 Å². The number of alkyl halides is 3. The zero-order chi connectivity index (χ0) is 13.2. The van der Waals surface area contributed by atoms with Crippen molar-refractivity contribution in [2.45, 2.75) is 49.9 Å². The molecule has 2 saturated heterocycles. The highest BCUT2D eigenvalue weighted by Crippen LogP contribution is 2.41. The highest BCUT2D eigenvalue weighted by molar-refractivity contribution is 7.99. The molecular formula is C12H20F3NOS. The Labute approximate surface area is 110 Å². The van der Waals surface area contributed by atoms with Crippen LogP contribution in [0.5, 0.6) is 0 Å². The van der Waals surface area contributed by atoms with Gasteiger partial charge in [-0.1, -0.05) is 0 Å². The molecule has 6 heteroatoms.